The van der Waals surface area contributed by atoms with Crippen molar-refractivity contribution in [3.8, 4) is 0 Å². The zero-order chi connectivity index (χ0) is 28.5. The van der Waals surface area contributed by atoms with Crippen LogP contribution in [0.5, 0.6) is 0 Å². The highest BCUT2D eigenvalue weighted by Crippen LogP contribution is 2.44. The van der Waals surface area contributed by atoms with Gasteiger partial charge in [0.2, 0.25) is 5.91 Å². The Morgan fingerprint density at radius 3 is 2.18 bits per heavy atom. The van der Waals surface area contributed by atoms with Gasteiger partial charge in [0.15, 0.2) is 5.78 Å². The summed E-state index contributed by atoms with van der Waals surface area (Å²) in [7, 11) is 0. The molecule has 2 heterocycles. The maximum absolute atomic E-state index is 12.7. The van der Waals surface area contributed by atoms with Crippen molar-refractivity contribution in [3.05, 3.63) is 53.6 Å². The lowest BCUT2D eigenvalue weighted by molar-refractivity contribution is -0.117. The van der Waals surface area contributed by atoms with Crippen molar-refractivity contribution < 1.29 is 19.1 Å². The molecule has 1 saturated heterocycles. The lowest BCUT2D eigenvalue weighted by Gasteiger charge is -2.45. The third-order valence-electron chi connectivity index (χ3n) is 7.79. The SMILES string of the molecule is CCC(=O)c1ccc(N[C@H]2c3cc(N4CCN(C(=O)OC(C)(C)C)CC4)ccc3N(C(C)=O)[C@@H](C)[C@@H]2C)cc1. The molecule has 210 valence electrons. The van der Waals surface area contributed by atoms with Gasteiger partial charge >= 0.3 is 6.09 Å². The third-order valence-corrected chi connectivity index (χ3v) is 7.79. The number of hydrogen-bond donors (Lipinski definition) is 1. The summed E-state index contributed by atoms with van der Waals surface area (Å²) in [6.45, 7) is 16.0. The van der Waals surface area contributed by atoms with Crippen LogP contribution in [0.3, 0.4) is 0 Å². The molecule has 2 aromatic rings. The minimum Gasteiger partial charge on any atom is -0.444 e. The number of carbonyl (C=O) groups is 3. The number of fused-ring (bicyclic) bond motifs is 1. The average molecular weight is 535 g/mol. The van der Waals surface area contributed by atoms with Crippen molar-refractivity contribution in [2.24, 2.45) is 5.92 Å². The van der Waals surface area contributed by atoms with Crippen LogP contribution >= 0.6 is 0 Å². The van der Waals surface area contributed by atoms with Gasteiger partial charge in [0.1, 0.15) is 5.60 Å². The van der Waals surface area contributed by atoms with Crippen molar-refractivity contribution in [2.45, 2.75) is 72.6 Å². The largest absolute Gasteiger partial charge is 0.444 e. The number of amides is 2. The van der Waals surface area contributed by atoms with Crippen LogP contribution in [-0.2, 0) is 9.53 Å². The molecule has 8 heteroatoms. The number of ether oxygens (including phenoxy) is 1. The molecule has 0 bridgehead atoms. The fraction of sp³-hybridized carbons (Fsp3) is 0.516. The number of ketones is 1. The molecule has 8 nitrogen and oxygen atoms in total. The summed E-state index contributed by atoms with van der Waals surface area (Å²) in [4.78, 5) is 43.3. The van der Waals surface area contributed by atoms with Crippen molar-refractivity contribution in [2.75, 3.05) is 41.3 Å². The fourth-order valence-electron chi connectivity index (χ4n) is 5.50. The minimum absolute atomic E-state index is 0.0108. The van der Waals surface area contributed by atoms with E-state index in [-0.39, 0.29) is 35.8 Å². The molecule has 0 radical (unpaired) electrons. The second-order valence-electron chi connectivity index (χ2n) is 11.7. The predicted molar refractivity (Wildman–Crippen MR) is 156 cm³/mol. The average Bonchev–Trinajstić information content (AvgIpc) is 2.90. The second-order valence-corrected chi connectivity index (χ2v) is 11.7. The van der Waals surface area contributed by atoms with E-state index < -0.39 is 5.60 Å². The molecule has 0 aromatic heterocycles. The lowest BCUT2D eigenvalue weighted by atomic mass is 9.82. The van der Waals surface area contributed by atoms with E-state index in [0.29, 0.717) is 38.2 Å². The minimum atomic E-state index is -0.517. The highest BCUT2D eigenvalue weighted by molar-refractivity contribution is 5.96. The molecule has 0 spiro atoms. The zero-order valence-corrected chi connectivity index (χ0v) is 24.3. The summed E-state index contributed by atoms with van der Waals surface area (Å²) < 4.78 is 5.55. The van der Waals surface area contributed by atoms with Crippen LogP contribution in [0.1, 0.15) is 76.9 Å². The van der Waals surface area contributed by atoms with Crippen LogP contribution in [-0.4, -0.2) is 60.5 Å². The van der Waals surface area contributed by atoms with Crippen LogP contribution in [0.25, 0.3) is 0 Å². The van der Waals surface area contributed by atoms with E-state index in [9.17, 15) is 14.4 Å². The molecule has 2 aliphatic heterocycles. The molecule has 3 atom stereocenters. The first-order valence-electron chi connectivity index (χ1n) is 14.0. The van der Waals surface area contributed by atoms with E-state index in [2.05, 4.69) is 36.2 Å². The Labute approximate surface area is 232 Å². The standard InChI is InChI=1S/C31H42N4O4/c1-8-28(37)23-9-11-24(12-10-23)32-29-20(2)21(3)35(22(4)36)27-14-13-25(19-26(27)29)33-15-17-34(18-16-33)30(38)39-31(5,6)7/h9-14,19-21,29,32H,8,15-18H2,1-7H3/t20-,21-,29+/m0/s1. The van der Waals surface area contributed by atoms with Crippen molar-refractivity contribution in [1.82, 2.24) is 4.90 Å². The monoisotopic (exact) mass is 534 g/mol. The van der Waals surface area contributed by atoms with Crippen molar-refractivity contribution >= 4 is 34.8 Å². The molecule has 2 aliphatic rings. The smallest absolute Gasteiger partial charge is 0.410 e. The Morgan fingerprint density at radius 2 is 1.62 bits per heavy atom. The first-order valence-corrected chi connectivity index (χ1v) is 14.0. The van der Waals surface area contributed by atoms with E-state index in [1.54, 1.807) is 11.8 Å². The highest BCUT2D eigenvalue weighted by Gasteiger charge is 2.38. The van der Waals surface area contributed by atoms with Crippen LogP contribution < -0.4 is 15.1 Å². The van der Waals surface area contributed by atoms with Gasteiger partial charge in [-0.1, -0.05) is 13.8 Å². The van der Waals surface area contributed by atoms with Crippen LogP contribution in [0.15, 0.2) is 42.5 Å². The zero-order valence-electron chi connectivity index (χ0n) is 24.3. The van der Waals surface area contributed by atoms with Gasteiger partial charge in [-0.2, -0.15) is 0 Å². The van der Waals surface area contributed by atoms with Gasteiger partial charge in [-0.15, -0.1) is 0 Å². The molecule has 0 aliphatic carbocycles. The number of hydrogen-bond acceptors (Lipinski definition) is 6. The van der Waals surface area contributed by atoms with E-state index in [1.165, 1.54) is 0 Å². The summed E-state index contributed by atoms with van der Waals surface area (Å²) >= 11 is 0. The molecule has 4 rings (SSSR count). The van der Waals surface area contributed by atoms with E-state index in [1.807, 2.05) is 62.9 Å². The Kier molecular flexibility index (Phi) is 8.23. The molecule has 1 N–H and O–H groups in total. The van der Waals surface area contributed by atoms with Gasteiger partial charge in [-0.3, -0.25) is 9.59 Å². The van der Waals surface area contributed by atoms with Gasteiger partial charge < -0.3 is 24.8 Å². The lowest BCUT2D eigenvalue weighted by Crippen LogP contribution is -2.50. The highest BCUT2D eigenvalue weighted by atomic mass is 16.6. The van der Waals surface area contributed by atoms with Crippen LogP contribution in [0.2, 0.25) is 0 Å². The van der Waals surface area contributed by atoms with E-state index in [0.717, 1.165) is 22.6 Å². The summed E-state index contributed by atoms with van der Waals surface area (Å²) in [6, 6.07) is 13.9. The second kappa shape index (κ2) is 11.3. The first-order chi connectivity index (χ1) is 18.4. The van der Waals surface area contributed by atoms with Crippen molar-refractivity contribution in [3.63, 3.8) is 0 Å². The molecule has 1 fully saturated rings. The summed E-state index contributed by atoms with van der Waals surface area (Å²) in [5.74, 6) is 0.285. The quantitative estimate of drug-likeness (QED) is 0.483. The Bertz CT molecular complexity index is 1210. The van der Waals surface area contributed by atoms with Crippen molar-refractivity contribution in [1.29, 1.82) is 0 Å². The Morgan fingerprint density at radius 1 is 0.974 bits per heavy atom. The van der Waals surface area contributed by atoms with Crippen LogP contribution in [0, 0.1) is 5.92 Å². The number of anilines is 3. The number of benzene rings is 2. The first kappa shape index (κ1) is 28.5. The fourth-order valence-corrected chi connectivity index (χ4v) is 5.50. The van der Waals surface area contributed by atoms with Gasteiger partial charge in [0, 0.05) is 79.7 Å². The van der Waals surface area contributed by atoms with Gasteiger partial charge in [0.25, 0.3) is 0 Å². The number of carbonyl (C=O) groups excluding carboxylic acids is 3. The summed E-state index contributed by atoms with van der Waals surface area (Å²) in [6.07, 6.45) is 0.205. The Balaban J connectivity index is 1.59. The number of nitrogens with zero attached hydrogens (tertiary/aromatic N) is 3. The molecule has 0 unspecified atom stereocenters. The number of piperazine rings is 1. The number of nitrogens with one attached hydrogen (secondary N) is 1. The van der Waals surface area contributed by atoms with E-state index >= 15 is 0 Å². The number of Topliss-reactive ketones (excluding diaryl/α,β-unsaturated/α-hetero) is 1. The molecular weight excluding hydrogens is 492 g/mol. The molecule has 39 heavy (non-hydrogen) atoms. The van der Waals surface area contributed by atoms with Gasteiger partial charge in [-0.25, -0.2) is 4.79 Å². The summed E-state index contributed by atoms with van der Waals surface area (Å²) in [5.41, 5.74) is 4.18. The summed E-state index contributed by atoms with van der Waals surface area (Å²) in [5, 5.41) is 3.70. The normalized spacial score (nSPS) is 21.3. The topological polar surface area (TPSA) is 82.2 Å². The van der Waals surface area contributed by atoms with Gasteiger partial charge in [-0.05, 0) is 70.2 Å². The molecule has 2 aromatic carbocycles. The van der Waals surface area contributed by atoms with E-state index in [4.69, 9.17) is 4.74 Å². The third kappa shape index (κ3) is 6.21. The number of rotatable bonds is 5. The maximum atomic E-state index is 12.7. The maximum Gasteiger partial charge on any atom is 0.410 e. The molecule has 0 saturated carbocycles. The predicted octanol–water partition coefficient (Wildman–Crippen LogP) is 5.88. The Hall–Kier alpha value is -3.55. The molecule has 2 amide bonds. The van der Waals surface area contributed by atoms with Crippen LogP contribution in [0.4, 0.5) is 21.9 Å². The van der Waals surface area contributed by atoms with Gasteiger partial charge in [0.05, 0.1) is 6.04 Å². The molecular formula is C31H42N4O4.